The summed E-state index contributed by atoms with van der Waals surface area (Å²) in [5, 5.41) is 0. The lowest BCUT2D eigenvalue weighted by atomic mass is 10.1. The van der Waals surface area contributed by atoms with Crippen molar-refractivity contribution in [1.29, 1.82) is 0 Å². The van der Waals surface area contributed by atoms with E-state index >= 15 is 0 Å². The van der Waals surface area contributed by atoms with Crippen LogP contribution in [0.2, 0.25) is 0 Å². The molecule has 0 radical (unpaired) electrons. The Hall–Kier alpha value is -1.26. The second-order valence-electron chi connectivity index (χ2n) is 3.29. The Bertz CT molecular complexity index is 229. The number of amides is 1. The first kappa shape index (κ1) is 10.8. The minimum absolute atomic E-state index is 0.180. The average molecular weight is 201 g/mol. The standard InChI is InChI=1S/C9H15NO4/c1-7(11)14-8-4-3-5-10(6-8)9(12)13-2/h8H,3-6H2,1-2H3/t8-/m1/s1. The summed E-state index contributed by atoms with van der Waals surface area (Å²) in [6, 6.07) is 0. The molecule has 5 nitrogen and oxygen atoms in total. The normalized spacial score (nSPS) is 21.6. The molecule has 5 heteroatoms. The second-order valence-corrected chi connectivity index (χ2v) is 3.29. The van der Waals surface area contributed by atoms with Crippen molar-refractivity contribution in [3.05, 3.63) is 0 Å². The lowest BCUT2D eigenvalue weighted by molar-refractivity contribution is -0.148. The maximum atomic E-state index is 11.2. The molecule has 1 saturated heterocycles. The summed E-state index contributed by atoms with van der Waals surface area (Å²) in [7, 11) is 1.35. The number of esters is 1. The van der Waals surface area contributed by atoms with Gasteiger partial charge in [-0.3, -0.25) is 4.79 Å². The van der Waals surface area contributed by atoms with E-state index in [2.05, 4.69) is 4.74 Å². The number of nitrogens with zero attached hydrogens (tertiary/aromatic N) is 1. The summed E-state index contributed by atoms with van der Waals surface area (Å²) in [5.74, 6) is -0.304. The van der Waals surface area contributed by atoms with Crippen LogP contribution in [-0.2, 0) is 14.3 Å². The van der Waals surface area contributed by atoms with Gasteiger partial charge in [0.1, 0.15) is 6.10 Å². The molecule has 0 saturated carbocycles. The van der Waals surface area contributed by atoms with E-state index in [-0.39, 0.29) is 18.2 Å². The highest BCUT2D eigenvalue weighted by molar-refractivity contribution is 5.68. The summed E-state index contributed by atoms with van der Waals surface area (Å²) in [5.41, 5.74) is 0. The Labute approximate surface area is 83.0 Å². The molecule has 1 aliphatic rings. The number of hydrogen-bond acceptors (Lipinski definition) is 4. The number of rotatable bonds is 1. The summed E-state index contributed by atoms with van der Waals surface area (Å²) in [4.78, 5) is 23.4. The van der Waals surface area contributed by atoms with Gasteiger partial charge in [0.25, 0.3) is 0 Å². The van der Waals surface area contributed by atoms with E-state index in [0.29, 0.717) is 13.1 Å². The maximum Gasteiger partial charge on any atom is 0.409 e. The molecule has 1 rings (SSSR count). The van der Waals surface area contributed by atoms with Crippen LogP contribution in [0.4, 0.5) is 4.79 Å². The van der Waals surface area contributed by atoms with E-state index in [1.54, 1.807) is 4.90 Å². The number of piperidine rings is 1. The number of ether oxygens (including phenoxy) is 2. The molecule has 0 bridgehead atoms. The number of carbonyl (C=O) groups excluding carboxylic acids is 2. The van der Waals surface area contributed by atoms with Crippen LogP contribution >= 0.6 is 0 Å². The van der Waals surface area contributed by atoms with E-state index in [1.807, 2.05) is 0 Å². The minimum Gasteiger partial charge on any atom is -0.461 e. The lowest BCUT2D eigenvalue weighted by Gasteiger charge is -2.30. The number of methoxy groups -OCH3 is 1. The maximum absolute atomic E-state index is 11.2. The zero-order valence-corrected chi connectivity index (χ0v) is 8.49. The molecule has 1 atom stereocenters. The monoisotopic (exact) mass is 201 g/mol. The molecule has 0 aromatic carbocycles. The van der Waals surface area contributed by atoms with Gasteiger partial charge in [-0.1, -0.05) is 0 Å². The van der Waals surface area contributed by atoms with Gasteiger partial charge < -0.3 is 14.4 Å². The van der Waals surface area contributed by atoms with Gasteiger partial charge in [-0.2, -0.15) is 0 Å². The molecular formula is C9H15NO4. The summed E-state index contributed by atoms with van der Waals surface area (Å²) < 4.78 is 9.62. The average Bonchev–Trinajstić information content (AvgIpc) is 2.16. The molecule has 1 fully saturated rings. The third-order valence-corrected chi connectivity index (χ3v) is 2.14. The van der Waals surface area contributed by atoms with Crippen molar-refractivity contribution in [3.63, 3.8) is 0 Å². The van der Waals surface area contributed by atoms with Crippen molar-refractivity contribution in [1.82, 2.24) is 4.90 Å². The van der Waals surface area contributed by atoms with Crippen LogP contribution in [0.3, 0.4) is 0 Å². The van der Waals surface area contributed by atoms with Gasteiger partial charge in [-0.25, -0.2) is 4.79 Å². The van der Waals surface area contributed by atoms with Gasteiger partial charge in [0.05, 0.1) is 13.7 Å². The highest BCUT2D eigenvalue weighted by Crippen LogP contribution is 2.13. The van der Waals surface area contributed by atoms with Gasteiger partial charge in [0.2, 0.25) is 0 Å². The molecule has 1 amide bonds. The van der Waals surface area contributed by atoms with Gasteiger partial charge >= 0.3 is 12.1 Å². The third-order valence-electron chi connectivity index (χ3n) is 2.14. The van der Waals surface area contributed by atoms with Crippen LogP contribution in [-0.4, -0.2) is 43.3 Å². The van der Waals surface area contributed by atoms with Gasteiger partial charge in [0, 0.05) is 13.5 Å². The molecule has 0 spiro atoms. The van der Waals surface area contributed by atoms with E-state index in [1.165, 1.54) is 14.0 Å². The first-order valence-corrected chi connectivity index (χ1v) is 4.63. The van der Waals surface area contributed by atoms with Crippen LogP contribution in [0.1, 0.15) is 19.8 Å². The van der Waals surface area contributed by atoms with Crippen LogP contribution in [0.25, 0.3) is 0 Å². The first-order chi connectivity index (χ1) is 6.63. The summed E-state index contributed by atoms with van der Waals surface area (Å²) >= 11 is 0. The molecule has 0 aliphatic carbocycles. The SMILES string of the molecule is COC(=O)N1CCC[C@@H](OC(C)=O)C1. The predicted octanol–water partition coefficient (Wildman–Crippen LogP) is 0.780. The minimum atomic E-state index is -0.359. The molecule has 0 aromatic heterocycles. The van der Waals surface area contributed by atoms with Crippen molar-refractivity contribution in [2.45, 2.75) is 25.9 Å². The van der Waals surface area contributed by atoms with E-state index in [9.17, 15) is 9.59 Å². The van der Waals surface area contributed by atoms with Crippen molar-refractivity contribution in [3.8, 4) is 0 Å². The van der Waals surface area contributed by atoms with Crippen molar-refractivity contribution < 1.29 is 19.1 Å². The molecular weight excluding hydrogens is 186 g/mol. The Balaban J connectivity index is 2.43. The molecule has 0 aromatic rings. The zero-order valence-electron chi connectivity index (χ0n) is 8.49. The largest absolute Gasteiger partial charge is 0.461 e. The quantitative estimate of drug-likeness (QED) is 0.588. The fraction of sp³-hybridized carbons (Fsp3) is 0.778. The lowest BCUT2D eigenvalue weighted by Crippen LogP contribution is -2.43. The van der Waals surface area contributed by atoms with Crippen LogP contribution in [0.15, 0.2) is 0 Å². The molecule has 1 aliphatic heterocycles. The molecule has 0 N–H and O–H groups in total. The van der Waals surface area contributed by atoms with Crippen LogP contribution in [0, 0.1) is 0 Å². The molecule has 1 heterocycles. The van der Waals surface area contributed by atoms with Crippen LogP contribution < -0.4 is 0 Å². The topological polar surface area (TPSA) is 55.8 Å². The second kappa shape index (κ2) is 4.83. The number of hydrogen-bond donors (Lipinski definition) is 0. The number of carbonyl (C=O) groups is 2. The fourth-order valence-electron chi connectivity index (χ4n) is 1.56. The Morgan fingerprint density at radius 2 is 2.14 bits per heavy atom. The molecule has 0 unspecified atom stereocenters. The zero-order chi connectivity index (χ0) is 10.6. The van der Waals surface area contributed by atoms with Crippen molar-refractivity contribution >= 4 is 12.1 Å². The third kappa shape index (κ3) is 2.90. The highest BCUT2D eigenvalue weighted by atomic mass is 16.6. The summed E-state index contributed by atoms with van der Waals surface area (Å²) in [6.45, 7) is 2.48. The Morgan fingerprint density at radius 3 is 2.71 bits per heavy atom. The predicted molar refractivity (Wildman–Crippen MR) is 48.8 cm³/mol. The van der Waals surface area contributed by atoms with Gasteiger partial charge in [0.15, 0.2) is 0 Å². The van der Waals surface area contributed by atoms with Gasteiger partial charge in [-0.15, -0.1) is 0 Å². The first-order valence-electron chi connectivity index (χ1n) is 4.63. The van der Waals surface area contributed by atoms with Crippen molar-refractivity contribution in [2.75, 3.05) is 20.2 Å². The Morgan fingerprint density at radius 1 is 1.43 bits per heavy atom. The van der Waals surface area contributed by atoms with Gasteiger partial charge in [-0.05, 0) is 12.8 Å². The highest BCUT2D eigenvalue weighted by Gasteiger charge is 2.25. The molecule has 14 heavy (non-hydrogen) atoms. The van der Waals surface area contributed by atoms with Crippen LogP contribution in [0.5, 0.6) is 0 Å². The smallest absolute Gasteiger partial charge is 0.409 e. The Kier molecular flexibility index (Phi) is 3.73. The van der Waals surface area contributed by atoms with Crippen molar-refractivity contribution in [2.24, 2.45) is 0 Å². The number of likely N-dealkylation sites (tertiary alicyclic amines) is 1. The van der Waals surface area contributed by atoms with E-state index in [4.69, 9.17) is 4.74 Å². The van der Waals surface area contributed by atoms with E-state index in [0.717, 1.165) is 12.8 Å². The molecule has 80 valence electrons. The van der Waals surface area contributed by atoms with E-state index < -0.39 is 0 Å². The summed E-state index contributed by atoms with van der Waals surface area (Å²) in [6.07, 6.45) is 1.11. The fourth-order valence-corrected chi connectivity index (χ4v) is 1.56.